The molecule has 0 radical (unpaired) electrons. The predicted octanol–water partition coefficient (Wildman–Crippen LogP) is 7.97. The molecule has 5 aromatic rings. The Morgan fingerprint density at radius 2 is 1.13 bits per heavy atom. The van der Waals surface area contributed by atoms with Crippen LogP contribution in [0.2, 0.25) is 0 Å². The molecule has 0 nitrogen and oxygen atoms in total. The summed E-state index contributed by atoms with van der Waals surface area (Å²) in [6.45, 7) is 0. The van der Waals surface area contributed by atoms with Crippen molar-refractivity contribution in [3.8, 4) is 11.1 Å². The zero-order valence-electron chi connectivity index (χ0n) is 16.3. The lowest BCUT2D eigenvalue weighted by molar-refractivity contribution is 0.775. The van der Waals surface area contributed by atoms with Crippen LogP contribution in [0.5, 0.6) is 0 Å². The van der Waals surface area contributed by atoms with E-state index in [0.717, 1.165) is 4.47 Å². The van der Waals surface area contributed by atoms with Crippen LogP contribution in [0, 0.1) is 0 Å². The van der Waals surface area contributed by atoms with E-state index in [4.69, 9.17) is 0 Å². The normalized spacial score (nSPS) is 13.8. The van der Waals surface area contributed by atoms with E-state index in [0.29, 0.717) is 0 Å². The largest absolute Gasteiger partial charge is 0.0719 e. The number of benzene rings is 5. The number of fused-ring (bicyclic) bond motifs is 5. The molecule has 0 unspecified atom stereocenters. The van der Waals surface area contributed by atoms with Gasteiger partial charge in [-0.3, -0.25) is 0 Å². The van der Waals surface area contributed by atoms with E-state index in [2.05, 4.69) is 131 Å². The van der Waals surface area contributed by atoms with Crippen LogP contribution in [0.1, 0.15) is 22.3 Å². The first-order chi connectivity index (χ1) is 14.8. The van der Waals surface area contributed by atoms with Crippen molar-refractivity contribution < 1.29 is 0 Å². The van der Waals surface area contributed by atoms with Gasteiger partial charge in [0.25, 0.3) is 0 Å². The summed E-state index contributed by atoms with van der Waals surface area (Å²) >= 11 is 3.94. The second-order valence-corrected chi connectivity index (χ2v) is 8.71. The molecule has 0 saturated heterocycles. The van der Waals surface area contributed by atoms with Gasteiger partial charge in [0.1, 0.15) is 0 Å². The molecule has 6 rings (SSSR count). The van der Waals surface area contributed by atoms with Crippen LogP contribution < -0.4 is 0 Å². The van der Waals surface area contributed by atoms with E-state index in [1.165, 1.54) is 44.2 Å². The zero-order valence-corrected chi connectivity index (χ0v) is 17.9. The third-order valence-electron chi connectivity index (χ3n) is 6.39. The number of rotatable bonds is 2. The fourth-order valence-electron chi connectivity index (χ4n) is 5.27. The van der Waals surface area contributed by atoms with E-state index in [1.54, 1.807) is 0 Å². The summed E-state index contributed by atoms with van der Waals surface area (Å²) < 4.78 is 1.15. The molecule has 0 heterocycles. The lowest BCUT2D eigenvalue weighted by Crippen LogP contribution is -2.28. The summed E-state index contributed by atoms with van der Waals surface area (Å²) in [4.78, 5) is 0. The van der Waals surface area contributed by atoms with E-state index in [-0.39, 0.29) is 5.41 Å². The van der Waals surface area contributed by atoms with Crippen LogP contribution in [0.3, 0.4) is 0 Å². The first-order valence-corrected chi connectivity index (χ1v) is 11.0. The smallest absolute Gasteiger partial charge is 0.0622 e. The molecule has 30 heavy (non-hydrogen) atoms. The van der Waals surface area contributed by atoms with E-state index in [9.17, 15) is 0 Å². The molecule has 0 atom stereocenters. The Labute approximate surface area is 185 Å². The van der Waals surface area contributed by atoms with Gasteiger partial charge in [0.15, 0.2) is 0 Å². The van der Waals surface area contributed by atoms with Gasteiger partial charge in [0, 0.05) is 10.0 Å². The summed E-state index contributed by atoms with van der Waals surface area (Å²) in [5, 5.41) is 2.56. The maximum absolute atomic E-state index is 3.94. The molecule has 0 bridgehead atoms. The molecule has 1 aliphatic rings. The lowest BCUT2D eigenvalue weighted by atomic mass is 9.67. The van der Waals surface area contributed by atoms with Gasteiger partial charge in [0.05, 0.1) is 5.41 Å². The Hall–Kier alpha value is -3.16. The highest BCUT2D eigenvalue weighted by Gasteiger charge is 2.47. The van der Waals surface area contributed by atoms with Gasteiger partial charge in [-0.1, -0.05) is 125 Å². The molecule has 1 aliphatic carbocycles. The molecule has 5 aromatic carbocycles. The highest BCUT2D eigenvalue weighted by Crippen LogP contribution is 2.59. The van der Waals surface area contributed by atoms with Gasteiger partial charge >= 0.3 is 0 Å². The van der Waals surface area contributed by atoms with E-state index < -0.39 is 0 Å². The first kappa shape index (κ1) is 17.7. The van der Waals surface area contributed by atoms with Crippen molar-refractivity contribution in [1.29, 1.82) is 0 Å². The van der Waals surface area contributed by atoms with Gasteiger partial charge in [0.2, 0.25) is 0 Å². The topological polar surface area (TPSA) is 0 Å². The van der Waals surface area contributed by atoms with E-state index in [1.807, 2.05) is 0 Å². The minimum atomic E-state index is -0.363. The average molecular weight is 447 g/mol. The highest BCUT2D eigenvalue weighted by atomic mass is 79.9. The van der Waals surface area contributed by atoms with E-state index >= 15 is 0 Å². The van der Waals surface area contributed by atoms with Gasteiger partial charge in [-0.2, -0.15) is 0 Å². The summed E-state index contributed by atoms with van der Waals surface area (Å²) in [6.07, 6.45) is 0. The van der Waals surface area contributed by atoms with Crippen molar-refractivity contribution in [1.82, 2.24) is 0 Å². The molecule has 0 spiro atoms. The lowest BCUT2D eigenvalue weighted by Gasteiger charge is -2.34. The van der Waals surface area contributed by atoms with Crippen LogP contribution in [0.25, 0.3) is 21.9 Å². The van der Waals surface area contributed by atoms with Crippen molar-refractivity contribution in [2.75, 3.05) is 0 Å². The van der Waals surface area contributed by atoms with Crippen molar-refractivity contribution in [2.24, 2.45) is 0 Å². The maximum atomic E-state index is 3.94. The average Bonchev–Trinajstić information content (AvgIpc) is 3.13. The minimum absolute atomic E-state index is 0.363. The second-order valence-electron chi connectivity index (χ2n) is 7.86. The Kier molecular flexibility index (Phi) is 3.94. The molecule has 0 saturated carbocycles. The number of hydrogen-bond acceptors (Lipinski definition) is 0. The van der Waals surface area contributed by atoms with Crippen molar-refractivity contribution in [3.05, 3.63) is 142 Å². The monoisotopic (exact) mass is 446 g/mol. The van der Waals surface area contributed by atoms with Gasteiger partial charge in [-0.25, -0.2) is 0 Å². The second kappa shape index (κ2) is 6.68. The highest BCUT2D eigenvalue weighted by molar-refractivity contribution is 9.10. The van der Waals surface area contributed by atoms with Gasteiger partial charge in [-0.15, -0.1) is 0 Å². The van der Waals surface area contributed by atoms with Crippen LogP contribution in [0.4, 0.5) is 0 Å². The fourth-order valence-corrected chi connectivity index (χ4v) is 5.93. The van der Waals surface area contributed by atoms with Gasteiger partial charge < -0.3 is 0 Å². The summed E-state index contributed by atoms with van der Waals surface area (Å²) in [5.41, 5.74) is 7.55. The van der Waals surface area contributed by atoms with Crippen molar-refractivity contribution in [2.45, 2.75) is 5.41 Å². The van der Waals surface area contributed by atoms with Crippen LogP contribution in [-0.2, 0) is 5.41 Å². The third-order valence-corrected chi connectivity index (χ3v) is 7.02. The minimum Gasteiger partial charge on any atom is -0.0622 e. The summed E-state index contributed by atoms with van der Waals surface area (Å²) in [6, 6.07) is 41.8. The molecule has 0 aliphatic heterocycles. The summed E-state index contributed by atoms with van der Waals surface area (Å²) in [5.74, 6) is 0. The predicted molar refractivity (Wildman–Crippen MR) is 129 cm³/mol. The quantitative estimate of drug-likeness (QED) is 0.253. The fraction of sp³-hybridized carbons (Fsp3) is 0.0345. The zero-order chi connectivity index (χ0) is 20.1. The standard InChI is InChI=1S/C29H19Br/c30-26-19-20-11-7-8-16-23(20)28-27(26)24-17-9-10-18-25(24)29(28,21-12-3-1-4-13-21)22-14-5-2-6-15-22/h1-19H. The SMILES string of the molecule is Brc1cc2ccccc2c2c1-c1ccccc1C2(c1ccccc1)c1ccccc1. The Morgan fingerprint density at radius 3 is 1.83 bits per heavy atom. The molecular weight excluding hydrogens is 428 g/mol. The molecule has 142 valence electrons. The third kappa shape index (κ3) is 2.27. The molecule has 0 amide bonds. The molecule has 1 heteroatoms. The Bertz CT molecular complexity index is 1350. The first-order valence-electron chi connectivity index (χ1n) is 10.2. The number of hydrogen-bond donors (Lipinski definition) is 0. The van der Waals surface area contributed by atoms with Crippen molar-refractivity contribution >= 4 is 26.7 Å². The van der Waals surface area contributed by atoms with Crippen LogP contribution in [-0.4, -0.2) is 0 Å². The Morgan fingerprint density at radius 1 is 0.567 bits per heavy atom. The number of halogens is 1. The molecule has 0 aromatic heterocycles. The Balaban J connectivity index is 1.91. The molecule has 0 N–H and O–H groups in total. The summed E-state index contributed by atoms with van der Waals surface area (Å²) in [7, 11) is 0. The molecular formula is C29H19Br. The van der Waals surface area contributed by atoms with Crippen molar-refractivity contribution in [3.63, 3.8) is 0 Å². The van der Waals surface area contributed by atoms with Crippen LogP contribution in [0.15, 0.2) is 120 Å². The molecule has 0 fully saturated rings. The maximum Gasteiger partial charge on any atom is 0.0719 e. The van der Waals surface area contributed by atoms with Crippen LogP contribution >= 0.6 is 15.9 Å². The van der Waals surface area contributed by atoms with Gasteiger partial charge in [-0.05, 0) is 44.7 Å².